The number of benzene rings is 1. The lowest BCUT2D eigenvalue weighted by molar-refractivity contribution is 0.0565. The van der Waals surface area contributed by atoms with Crippen molar-refractivity contribution in [1.82, 2.24) is 4.90 Å². The molecule has 5 nitrogen and oxygen atoms in total. The van der Waals surface area contributed by atoms with E-state index in [4.69, 9.17) is 4.42 Å². The average molecular weight is 325 g/mol. The van der Waals surface area contributed by atoms with Crippen molar-refractivity contribution in [2.24, 2.45) is 0 Å². The van der Waals surface area contributed by atoms with Crippen LogP contribution in [0.5, 0.6) is 0 Å². The van der Waals surface area contributed by atoms with Gasteiger partial charge in [0.25, 0.3) is 0 Å². The number of likely N-dealkylation sites (tertiary alicyclic amines) is 1. The molecule has 2 heterocycles. The zero-order valence-electron chi connectivity index (χ0n) is 13.6. The normalized spacial score (nSPS) is 14.9. The second-order valence-electron chi connectivity index (χ2n) is 5.82. The Labute approximate surface area is 140 Å². The summed E-state index contributed by atoms with van der Waals surface area (Å²) in [6, 6.07) is 6.30. The Morgan fingerprint density at radius 3 is 2.79 bits per heavy atom. The number of hydrogen-bond donors (Lipinski definition) is 0. The van der Waals surface area contributed by atoms with Crippen LogP contribution in [-0.2, 0) is 4.74 Å². The summed E-state index contributed by atoms with van der Waals surface area (Å²) in [4.78, 5) is 26.0. The molecule has 0 aliphatic carbocycles. The number of carbonyl (C=O) groups excluding carboxylic acids is 1. The summed E-state index contributed by atoms with van der Waals surface area (Å²) in [7, 11) is 1.24. The van der Waals surface area contributed by atoms with Gasteiger partial charge in [-0.05, 0) is 44.1 Å². The molecule has 3 rings (SSSR count). The van der Waals surface area contributed by atoms with E-state index in [0.29, 0.717) is 11.0 Å². The van der Waals surface area contributed by atoms with E-state index in [1.807, 2.05) is 0 Å². The number of ether oxygens (including phenoxy) is 1. The van der Waals surface area contributed by atoms with E-state index in [9.17, 15) is 9.59 Å². The van der Waals surface area contributed by atoms with Crippen LogP contribution < -0.4 is 5.43 Å². The van der Waals surface area contributed by atoms with Gasteiger partial charge in [-0.25, -0.2) is 4.79 Å². The van der Waals surface area contributed by atoms with Crippen LogP contribution in [0.15, 0.2) is 33.5 Å². The lowest BCUT2D eigenvalue weighted by Crippen LogP contribution is -2.29. The summed E-state index contributed by atoms with van der Waals surface area (Å²) in [5.41, 5.74) is 0.832. The molecule has 1 aliphatic heterocycles. The topological polar surface area (TPSA) is 59.8 Å². The molecule has 2 aromatic rings. The molecule has 0 saturated carbocycles. The minimum absolute atomic E-state index is 0.0982. The van der Waals surface area contributed by atoms with E-state index in [1.54, 1.807) is 18.2 Å². The van der Waals surface area contributed by atoms with Crippen LogP contribution in [-0.4, -0.2) is 37.6 Å². The van der Waals surface area contributed by atoms with E-state index in [2.05, 4.69) is 21.5 Å². The standard InChI is InChI=1S/C19H19NO4/c1-23-19(22)18-13-16(21)15-12-14(7-8-17(15)24-18)6-5-11-20-9-3-2-4-10-20/h7-8,12-13H,2-4,9-11H2,1H3. The van der Waals surface area contributed by atoms with Crippen molar-refractivity contribution in [2.75, 3.05) is 26.7 Å². The third kappa shape index (κ3) is 3.66. The van der Waals surface area contributed by atoms with Crippen LogP contribution in [0.25, 0.3) is 11.0 Å². The number of fused-ring (bicyclic) bond motifs is 1. The molecule has 1 aliphatic rings. The van der Waals surface area contributed by atoms with Gasteiger partial charge < -0.3 is 9.15 Å². The van der Waals surface area contributed by atoms with Crippen LogP contribution in [0, 0.1) is 11.8 Å². The van der Waals surface area contributed by atoms with Crippen molar-refractivity contribution in [1.29, 1.82) is 0 Å². The maximum Gasteiger partial charge on any atom is 0.374 e. The molecule has 0 spiro atoms. The zero-order valence-corrected chi connectivity index (χ0v) is 13.6. The van der Waals surface area contributed by atoms with Crippen molar-refractivity contribution in [3.8, 4) is 11.8 Å². The second-order valence-corrected chi connectivity index (χ2v) is 5.82. The molecule has 124 valence electrons. The molecule has 1 fully saturated rings. The van der Waals surface area contributed by atoms with Crippen molar-refractivity contribution in [3.63, 3.8) is 0 Å². The summed E-state index contributed by atoms with van der Waals surface area (Å²) in [6.07, 6.45) is 3.78. The molecule has 5 heteroatoms. The van der Waals surface area contributed by atoms with E-state index in [1.165, 1.54) is 26.4 Å². The van der Waals surface area contributed by atoms with Gasteiger partial charge in [0, 0.05) is 11.6 Å². The lowest BCUT2D eigenvalue weighted by Gasteiger charge is -2.23. The molecule has 0 atom stereocenters. The van der Waals surface area contributed by atoms with Gasteiger partial charge in [0.05, 0.1) is 19.0 Å². The quantitative estimate of drug-likeness (QED) is 0.627. The van der Waals surface area contributed by atoms with Crippen molar-refractivity contribution in [3.05, 3.63) is 45.8 Å². The average Bonchev–Trinajstić information content (AvgIpc) is 2.62. The van der Waals surface area contributed by atoms with E-state index in [0.717, 1.165) is 31.3 Å². The Kier molecular flexibility index (Phi) is 4.97. The minimum Gasteiger partial charge on any atom is -0.463 e. The molecule has 0 N–H and O–H groups in total. The summed E-state index contributed by atoms with van der Waals surface area (Å²) >= 11 is 0. The molecular formula is C19H19NO4. The molecule has 1 saturated heterocycles. The molecule has 0 radical (unpaired) electrons. The Balaban J connectivity index is 1.82. The fraction of sp³-hybridized carbons (Fsp3) is 0.368. The fourth-order valence-electron chi connectivity index (χ4n) is 2.81. The molecule has 1 aromatic carbocycles. The zero-order chi connectivity index (χ0) is 16.9. The number of piperidine rings is 1. The van der Waals surface area contributed by atoms with Crippen LogP contribution >= 0.6 is 0 Å². The van der Waals surface area contributed by atoms with E-state index < -0.39 is 5.97 Å². The summed E-state index contributed by atoms with van der Waals surface area (Å²) in [5.74, 6) is 5.49. The summed E-state index contributed by atoms with van der Waals surface area (Å²) in [6.45, 7) is 2.95. The molecule has 0 unspecified atom stereocenters. The van der Waals surface area contributed by atoms with Crippen LogP contribution in [0.4, 0.5) is 0 Å². The monoisotopic (exact) mass is 325 g/mol. The first-order chi connectivity index (χ1) is 11.7. The number of esters is 1. The predicted octanol–water partition coefficient (Wildman–Crippen LogP) is 2.42. The Bertz CT molecular complexity index is 866. The fourth-order valence-corrected chi connectivity index (χ4v) is 2.81. The maximum absolute atomic E-state index is 12.2. The van der Waals surface area contributed by atoms with E-state index in [-0.39, 0.29) is 11.2 Å². The second kappa shape index (κ2) is 7.33. The van der Waals surface area contributed by atoms with Gasteiger partial charge in [-0.2, -0.15) is 0 Å². The van der Waals surface area contributed by atoms with Gasteiger partial charge >= 0.3 is 5.97 Å². The number of methoxy groups -OCH3 is 1. The van der Waals surface area contributed by atoms with Crippen LogP contribution in [0.2, 0.25) is 0 Å². The molecule has 24 heavy (non-hydrogen) atoms. The third-order valence-corrected chi connectivity index (χ3v) is 4.10. The highest BCUT2D eigenvalue weighted by Crippen LogP contribution is 2.15. The number of hydrogen-bond acceptors (Lipinski definition) is 5. The number of carbonyl (C=O) groups is 1. The largest absolute Gasteiger partial charge is 0.463 e. The Morgan fingerprint density at radius 2 is 2.04 bits per heavy atom. The number of nitrogens with zero attached hydrogens (tertiary/aromatic N) is 1. The lowest BCUT2D eigenvalue weighted by atomic mass is 10.1. The van der Waals surface area contributed by atoms with Gasteiger partial charge in [0.2, 0.25) is 5.76 Å². The van der Waals surface area contributed by atoms with Crippen LogP contribution in [0.3, 0.4) is 0 Å². The smallest absolute Gasteiger partial charge is 0.374 e. The highest BCUT2D eigenvalue weighted by Gasteiger charge is 2.12. The van der Waals surface area contributed by atoms with Gasteiger partial charge in [-0.3, -0.25) is 9.69 Å². The van der Waals surface area contributed by atoms with Crippen molar-refractivity contribution >= 4 is 16.9 Å². The third-order valence-electron chi connectivity index (χ3n) is 4.10. The van der Waals surface area contributed by atoms with Crippen LogP contribution in [0.1, 0.15) is 35.4 Å². The van der Waals surface area contributed by atoms with Crippen molar-refractivity contribution in [2.45, 2.75) is 19.3 Å². The molecular weight excluding hydrogens is 306 g/mol. The Morgan fingerprint density at radius 1 is 1.25 bits per heavy atom. The SMILES string of the molecule is COC(=O)c1cc(=O)c2cc(C#CCN3CCCCC3)ccc2o1. The highest BCUT2D eigenvalue weighted by molar-refractivity contribution is 5.89. The van der Waals surface area contributed by atoms with E-state index >= 15 is 0 Å². The summed E-state index contributed by atoms with van der Waals surface area (Å²) < 4.78 is 10.00. The van der Waals surface area contributed by atoms with Gasteiger partial charge in [0.15, 0.2) is 5.43 Å². The van der Waals surface area contributed by atoms with Gasteiger partial charge in [-0.15, -0.1) is 0 Å². The first-order valence-corrected chi connectivity index (χ1v) is 8.05. The molecule has 0 amide bonds. The highest BCUT2D eigenvalue weighted by atomic mass is 16.5. The minimum atomic E-state index is -0.667. The first-order valence-electron chi connectivity index (χ1n) is 8.05. The van der Waals surface area contributed by atoms with Crippen molar-refractivity contribution < 1.29 is 13.9 Å². The first kappa shape index (κ1) is 16.3. The molecule has 1 aromatic heterocycles. The molecule has 0 bridgehead atoms. The van der Waals surface area contributed by atoms with Gasteiger partial charge in [-0.1, -0.05) is 18.3 Å². The Hall–Kier alpha value is -2.58. The van der Waals surface area contributed by atoms with Gasteiger partial charge in [0.1, 0.15) is 5.58 Å². The predicted molar refractivity (Wildman–Crippen MR) is 91.0 cm³/mol. The summed E-state index contributed by atoms with van der Waals surface area (Å²) in [5, 5.41) is 0.410. The number of rotatable bonds is 2. The maximum atomic E-state index is 12.2.